The zero-order chi connectivity index (χ0) is 73.9. The summed E-state index contributed by atoms with van der Waals surface area (Å²) in [4.78, 5) is 13.5. The third kappa shape index (κ3) is 43.7. The monoisotopic (exact) mass is 1460 g/mol. The van der Waals surface area contributed by atoms with E-state index in [0.29, 0.717) is 12.8 Å². The van der Waals surface area contributed by atoms with Gasteiger partial charge in [-0.1, -0.05) is 347 Å². The fraction of sp³-hybridized carbons (Fsp3) is 0.964. The number of nitrogens with one attached hydrogen (secondary N) is 1. The van der Waals surface area contributed by atoms with Crippen molar-refractivity contribution in [1.29, 1.82) is 0 Å². The Balaban J connectivity index is 1.26. The summed E-state index contributed by atoms with van der Waals surface area (Å²) in [6.45, 7) is 1.85. The molecule has 0 spiro atoms. The van der Waals surface area contributed by atoms with Gasteiger partial charge >= 0.3 is 0 Å². The Morgan fingerprint density at radius 3 is 0.951 bits per heavy atom. The highest BCUT2D eigenvalue weighted by molar-refractivity contribution is 5.76. The Bertz CT molecular complexity index is 1890. The number of hydrogen-bond donors (Lipinski definition) is 12. The van der Waals surface area contributed by atoms with Crippen molar-refractivity contribution in [2.45, 2.75) is 484 Å². The van der Waals surface area contributed by atoms with Crippen LogP contribution >= 0.6 is 0 Å². The molecule has 0 aliphatic carbocycles. The standard InChI is InChI=1S/C83H159NO18/c1-3-5-7-9-11-13-15-17-19-21-22-23-24-25-26-27-28-29-30-31-32-33-34-35-36-37-38-39-40-41-42-43-44-45-47-49-51-53-55-57-59-61-71(89)84-66(67(88)60-58-56-54-52-50-48-46-20-18-16-14-12-10-8-6-4-2)65-97-81-77(95)74(92)79(69(63-86)99-81)102-83-78(96)75(93)80(70(64-87)100-83)101-82-76(94)73(91)72(90)68(62-85)98-82/h21-22,66-70,72-83,85-88,90-96H,3-20,23-65H2,1-2H3,(H,84,89)/b22-21-. The molecule has 12 N–H and O–H groups in total. The van der Waals surface area contributed by atoms with Crippen molar-refractivity contribution in [3.63, 3.8) is 0 Å². The Hall–Kier alpha value is -1.47. The molecule has 3 fully saturated rings. The molecule has 0 aromatic carbocycles. The van der Waals surface area contributed by atoms with Gasteiger partial charge in [0.1, 0.15) is 73.2 Å². The van der Waals surface area contributed by atoms with Gasteiger partial charge in [-0.05, 0) is 38.5 Å². The van der Waals surface area contributed by atoms with Crippen LogP contribution < -0.4 is 5.32 Å². The van der Waals surface area contributed by atoms with Gasteiger partial charge in [-0.2, -0.15) is 0 Å². The van der Waals surface area contributed by atoms with Gasteiger partial charge in [-0.15, -0.1) is 0 Å². The lowest BCUT2D eigenvalue weighted by Crippen LogP contribution is -2.66. The third-order valence-corrected chi connectivity index (χ3v) is 21.8. The largest absolute Gasteiger partial charge is 0.394 e. The predicted octanol–water partition coefficient (Wildman–Crippen LogP) is 15.1. The summed E-state index contributed by atoms with van der Waals surface area (Å²) < 4.78 is 34.5. The topological polar surface area (TPSA) is 307 Å². The average molecular weight is 1460 g/mol. The minimum atomic E-state index is -1.97. The SMILES string of the molecule is CCCCCCCCCC/C=C\CCCCCCCCCCCCCCCCCCCCCCCCCCCCCCCC(=O)NC(COC1OC(CO)C(OC2OC(CO)C(OC3OC(CO)C(O)C(O)C3O)C(O)C2O)C(O)C1O)C(O)CCCCCCCCCCCCCCCCCC. The number of unbranched alkanes of at least 4 members (excludes halogenated alkanes) is 52. The van der Waals surface area contributed by atoms with E-state index < -0.39 is 124 Å². The van der Waals surface area contributed by atoms with Crippen molar-refractivity contribution < 1.29 is 89.4 Å². The van der Waals surface area contributed by atoms with Gasteiger partial charge in [0.05, 0.1) is 38.6 Å². The van der Waals surface area contributed by atoms with Crippen molar-refractivity contribution in [2.24, 2.45) is 0 Å². The molecule has 3 rings (SSSR count). The lowest BCUT2D eigenvalue weighted by atomic mass is 9.96. The molecule has 3 aliphatic heterocycles. The molecule has 3 aliphatic rings. The van der Waals surface area contributed by atoms with Crippen molar-refractivity contribution in [2.75, 3.05) is 26.4 Å². The number of carbonyl (C=O) groups excluding carboxylic acids is 1. The zero-order valence-electron chi connectivity index (χ0n) is 64.9. The van der Waals surface area contributed by atoms with Crippen LogP contribution in [0, 0.1) is 0 Å². The highest BCUT2D eigenvalue weighted by Gasteiger charge is 2.54. The lowest BCUT2D eigenvalue weighted by Gasteiger charge is -2.48. The molecular weight excluding hydrogens is 1300 g/mol. The van der Waals surface area contributed by atoms with E-state index in [-0.39, 0.29) is 18.9 Å². The van der Waals surface area contributed by atoms with E-state index in [1.807, 2.05) is 0 Å². The Labute approximate surface area is 620 Å². The van der Waals surface area contributed by atoms with Gasteiger partial charge < -0.3 is 89.9 Å². The number of carbonyl (C=O) groups is 1. The van der Waals surface area contributed by atoms with Crippen LogP contribution in [-0.4, -0.2) is 193 Å². The number of amides is 1. The second kappa shape index (κ2) is 64.4. The molecule has 19 nitrogen and oxygen atoms in total. The normalized spacial score (nSPS) is 26.1. The number of hydrogen-bond acceptors (Lipinski definition) is 18. The van der Waals surface area contributed by atoms with Crippen LogP contribution in [0.25, 0.3) is 0 Å². The summed E-state index contributed by atoms with van der Waals surface area (Å²) in [7, 11) is 0. The van der Waals surface area contributed by atoms with Gasteiger partial charge in [-0.3, -0.25) is 4.79 Å². The van der Waals surface area contributed by atoms with Crippen LogP contribution in [0.3, 0.4) is 0 Å². The first kappa shape index (κ1) is 94.7. The summed E-state index contributed by atoms with van der Waals surface area (Å²) in [5.74, 6) is -0.234. The summed E-state index contributed by atoms with van der Waals surface area (Å²) in [5, 5.41) is 121. The first-order valence-electron chi connectivity index (χ1n) is 42.9. The molecule has 17 unspecified atom stereocenters. The van der Waals surface area contributed by atoms with E-state index in [1.54, 1.807) is 0 Å². The average Bonchev–Trinajstić information content (AvgIpc) is 0.755. The highest BCUT2D eigenvalue weighted by Crippen LogP contribution is 2.34. The Kier molecular flexibility index (Phi) is 59.8. The molecule has 0 aromatic rings. The molecule has 0 radical (unpaired) electrons. The molecule has 0 saturated carbocycles. The summed E-state index contributed by atoms with van der Waals surface area (Å²) in [5.41, 5.74) is 0. The van der Waals surface area contributed by atoms with E-state index in [4.69, 9.17) is 28.4 Å². The van der Waals surface area contributed by atoms with Crippen LogP contribution in [0.4, 0.5) is 0 Å². The van der Waals surface area contributed by atoms with Crippen LogP contribution in [0.2, 0.25) is 0 Å². The molecule has 0 aromatic heterocycles. The van der Waals surface area contributed by atoms with E-state index in [0.717, 1.165) is 44.9 Å². The van der Waals surface area contributed by atoms with E-state index in [1.165, 1.54) is 302 Å². The molecular formula is C83H159NO18. The maximum Gasteiger partial charge on any atom is 0.220 e. The smallest absolute Gasteiger partial charge is 0.220 e. The van der Waals surface area contributed by atoms with E-state index >= 15 is 0 Å². The van der Waals surface area contributed by atoms with E-state index in [2.05, 4.69) is 31.3 Å². The van der Waals surface area contributed by atoms with Crippen molar-refractivity contribution >= 4 is 5.91 Å². The van der Waals surface area contributed by atoms with Crippen LogP contribution in [0.15, 0.2) is 12.2 Å². The third-order valence-electron chi connectivity index (χ3n) is 21.8. The molecule has 17 atom stereocenters. The van der Waals surface area contributed by atoms with Crippen molar-refractivity contribution in [1.82, 2.24) is 5.32 Å². The van der Waals surface area contributed by atoms with Gasteiger partial charge in [0.15, 0.2) is 18.9 Å². The number of aliphatic hydroxyl groups is 11. The Morgan fingerprint density at radius 1 is 0.343 bits per heavy atom. The second-order valence-electron chi connectivity index (χ2n) is 31.0. The van der Waals surface area contributed by atoms with Gasteiger partial charge in [0.2, 0.25) is 5.91 Å². The van der Waals surface area contributed by atoms with Crippen LogP contribution in [-0.2, 0) is 33.2 Å². The van der Waals surface area contributed by atoms with Crippen molar-refractivity contribution in [3.05, 3.63) is 12.2 Å². The molecule has 19 heteroatoms. The van der Waals surface area contributed by atoms with Gasteiger partial charge in [0, 0.05) is 6.42 Å². The Morgan fingerprint density at radius 2 is 0.618 bits per heavy atom. The minimum absolute atomic E-state index is 0.234. The molecule has 3 heterocycles. The predicted molar refractivity (Wildman–Crippen MR) is 407 cm³/mol. The minimum Gasteiger partial charge on any atom is -0.394 e. The van der Waals surface area contributed by atoms with Gasteiger partial charge in [0.25, 0.3) is 0 Å². The maximum atomic E-state index is 13.5. The lowest BCUT2D eigenvalue weighted by molar-refractivity contribution is -0.379. The molecule has 102 heavy (non-hydrogen) atoms. The number of aliphatic hydroxyl groups excluding tert-OH is 11. The summed E-state index contributed by atoms with van der Waals surface area (Å²) >= 11 is 0. The maximum absolute atomic E-state index is 13.5. The first-order chi connectivity index (χ1) is 49.8. The molecule has 0 bridgehead atoms. The summed E-state index contributed by atoms with van der Waals surface area (Å²) in [6, 6.07) is -0.883. The fourth-order valence-electron chi connectivity index (χ4n) is 15.0. The number of allylic oxidation sites excluding steroid dienone is 2. The summed E-state index contributed by atoms with van der Waals surface area (Å²) in [6.07, 6.45) is 50.6. The highest BCUT2D eigenvalue weighted by atomic mass is 16.8. The van der Waals surface area contributed by atoms with Crippen LogP contribution in [0.5, 0.6) is 0 Å². The first-order valence-corrected chi connectivity index (χ1v) is 42.9. The molecule has 3 saturated heterocycles. The fourth-order valence-corrected chi connectivity index (χ4v) is 15.0. The van der Waals surface area contributed by atoms with Gasteiger partial charge in [-0.25, -0.2) is 0 Å². The van der Waals surface area contributed by atoms with E-state index in [9.17, 15) is 61.0 Å². The van der Waals surface area contributed by atoms with Crippen LogP contribution in [0.1, 0.15) is 380 Å². The second-order valence-corrected chi connectivity index (χ2v) is 31.0. The van der Waals surface area contributed by atoms with Crippen molar-refractivity contribution in [3.8, 4) is 0 Å². The number of ether oxygens (including phenoxy) is 6. The molecule has 1 amide bonds. The number of rotatable bonds is 70. The quantitative estimate of drug-likeness (QED) is 0.0199. The zero-order valence-corrected chi connectivity index (χ0v) is 64.9. The molecule has 604 valence electrons.